The lowest BCUT2D eigenvalue weighted by Gasteiger charge is -2.48. The van der Waals surface area contributed by atoms with Crippen LogP contribution in [0.4, 0.5) is 8.78 Å². The first kappa shape index (κ1) is 19.7. The van der Waals surface area contributed by atoms with Crippen LogP contribution < -0.4 is 5.32 Å². The van der Waals surface area contributed by atoms with Gasteiger partial charge in [0, 0.05) is 30.9 Å². The first-order chi connectivity index (χ1) is 14.9. The van der Waals surface area contributed by atoms with Gasteiger partial charge >= 0.3 is 0 Å². The van der Waals surface area contributed by atoms with Gasteiger partial charge in [-0.2, -0.15) is 0 Å². The van der Waals surface area contributed by atoms with Gasteiger partial charge < -0.3 is 14.8 Å². The van der Waals surface area contributed by atoms with E-state index in [2.05, 4.69) is 5.32 Å². The fourth-order valence-corrected chi connectivity index (χ4v) is 5.30. The topological polar surface area (TPSA) is 54.3 Å². The summed E-state index contributed by atoms with van der Waals surface area (Å²) in [6, 6.07) is 11.9. The van der Waals surface area contributed by atoms with Crippen molar-refractivity contribution in [3.8, 4) is 0 Å². The van der Waals surface area contributed by atoms with Gasteiger partial charge in [-0.3, -0.25) is 9.59 Å². The van der Waals surface area contributed by atoms with E-state index in [0.29, 0.717) is 30.5 Å². The van der Waals surface area contributed by atoms with E-state index in [1.54, 1.807) is 40.8 Å². The number of hydrogen-bond acceptors (Lipinski definition) is 2. The molecule has 3 aromatic rings. The van der Waals surface area contributed by atoms with Crippen LogP contribution >= 0.6 is 0 Å². The minimum Gasteiger partial charge on any atom is -0.348 e. The molecule has 0 unspecified atom stereocenters. The Bertz CT molecular complexity index is 1190. The number of aryl methyl sites for hydroxylation is 1. The SMILES string of the molecule is Cn1c(C(=O)N2CCC[C@]3(CCC(=O)N3)[C@H]2c2ccc(F)cc2)cc2cc(F)ccc21. The van der Waals surface area contributed by atoms with E-state index in [9.17, 15) is 18.4 Å². The number of carbonyl (C=O) groups is 2. The summed E-state index contributed by atoms with van der Waals surface area (Å²) in [5.74, 6) is -0.917. The molecule has 2 aromatic carbocycles. The summed E-state index contributed by atoms with van der Waals surface area (Å²) < 4.78 is 29.1. The second-order valence-corrected chi connectivity index (χ2v) is 8.55. The average molecular weight is 423 g/mol. The highest BCUT2D eigenvalue weighted by Gasteiger charge is 2.51. The molecule has 2 saturated heterocycles. The number of carbonyl (C=O) groups excluding carboxylic acids is 2. The number of fused-ring (bicyclic) bond motifs is 1. The van der Waals surface area contributed by atoms with E-state index < -0.39 is 11.6 Å². The molecule has 2 aliphatic heterocycles. The molecule has 1 N–H and O–H groups in total. The largest absolute Gasteiger partial charge is 0.348 e. The number of piperidine rings is 1. The summed E-state index contributed by atoms with van der Waals surface area (Å²) >= 11 is 0. The summed E-state index contributed by atoms with van der Waals surface area (Å²) in [6.45, 7) is 0.522. The summed E-state index contributed by atoms with van der Waals surface area (Å²) in [6.07, 6.45) is 2.54. The summed E-state index contributed by atoms with van der Waals surface area (Å²) in [7, 11) is 1.79. The van der Waals surface area contributed by atoms with Crippen molar-refractivity contribution >= 4 is 22.7 Å². The summed E-state index contributed by atoms with van der Waals surface area (Å²) in [5, 5.41) is 3.79. The Labute approximate surface area is 178 Å². The van der Waals surface area contributed by atoms with E-state index in [1.165, 1.54) is 24.3 Å². The van der Waals surface area contributed by atoms with Crippen LogP contribution in [0.5, 0.6) is 0 Å². The number of likely N-dealkylation sites (tertiary alicyclic amines) is 1. The first-order valence-corrected chi connectivity index (χ1v) is 10.5. The molecule has 0 saturated carbocycles. The van der Waals surface area contributed by atoms with Crippen molar-refractivity contribution in [2.75, 3.05) is 6.54 Å². The van der Waals surface area contributed by atoms with Gasteiger partial charge in [-0.05, 0) is 61.2 Å². The van der Waals surface area contributed by atoms with Gasteiger partial charge in [0.25, 0.3) is 5.91 Å². The molecule has 2 fully saturated rings. The smallest absolute Gasteiger partial charge is 0.271 e. The van der Waals surface area contributed by atoms with Gasteiger partial charge in [0.2, 0.25) is 5.91 Å². The van der Waals surface area contributed by atoms with Crippen LogP contribution in [-0.2, 0) is 11.8 Å². The minimum atomic E-state index is -0.570. The number of rotatable bonds is 2. The van der Waals surface area contributed by atoms with Crippen molar-refractivity contribution in [1.82, 2.24) is 14.8 Å². The molecule has 0 bridgehead atoms. The lowest BCUT2D eigenvalue weighted by Crippen LogP contribution is -2.58. The van der Waals surface area contributed by atoms with Crippen molar-refractivity contribution in [3.05, 3.63) is 71.4 Å². The number of aromatic nitrogens is 1. The summed E-state index contributed by atoms with van der Waals surface area (Å²) in [5.41, 5.74) is 1.44. The standard InChI is InChI=1S/C24H23F2N3O2/c1-28-19-8-7-18(26)13-16(19)14-20(28)23(31)29-12-2-10-24(11-9-21(30)27-24)22(29)15-3-5-17(25)6-4-15/h3-8,13-14,22H,2,9-12H2,1H3,(H,27,30)/t22-,24+/m1/s1. The van der Waals surface area contributed by atoms with Crippen LogP contribution in [0, 0.1) is 11.6 Å². The quantitative estimate of drug-likeness (QED) is 0.675. The zero-order valence-electron chi connectivity index (χ0n) is 17.2. The molecule has 1 aromatic heterocycles. The van der Waals surface area contributed by atoms with Crippen molar-refractivity contribution < 1.29 is 18.4 Å². The normalized spacial score (nSPS) is 23.5. The second-order valence-electron chi connectivity index (χ2n) is 8.55. The Morgan fingerprint density at radius 1 is 1.06 bits per heavy atom. The van der Waals surface area contributed by atoms with Crippen LogP contribution in [0.3, 0.4) is 0 Å². The Hall–Kier alpha value is -3.22. The molecule has 5 nitrogen and oxygen atoms in total. The highest BCUT2D eigenvalue weighted by atomic mass is 19.1. The van der Waals surface area contributed by atoms with Gasteiger partial charge in [0.15, 0.2) is 0 Å². The maximum atomic E-state index is 13.8. The van der Waals surface area contributed by atoms with Crippen molar-refractivity contribution in [2.45, 2.75) is 37.3 Å². The van der Waals surface area contributed by atoms with Crippen LogP contribution in [0.1, 0.15) is 47.8 Å². The fourth-order valence-electron chi connectivity index (χ4n) is 5.30. The maximum absolute atomic E-state index is 13.8. The molecular formula is C24H23F2N3O2. The molecule has 31 heavy (non-hydrogen) atoms. The minimum absolute atomic E-state index is 0.0264. The maximum Gasteiger partial charge on any atom is 0.271 e. The number of halogens is 2. The predicted molar refractivity (Wildman–Crippen MR) is 112 cm³/mol. The van der Waals surface area contributed by atoms with Gasteiger partial charge in [0.05, 0.1) is 11.6 Å². The van der Waals surface area contributed by atoms with Gasteiger partial charge in [0.1, 0.15) is 17.3 Å². The van der Waals surface area contributed by atoms with E-state index in [1.807, 2.05) is 0 Å². The van der Waals surface area contributed by atoms with Gasteiger partial charge in [-0.15, -0.1) is 0 Å². The lowest BCUT2D eigenvalue weighted by molar-refractivity contribution is -0.120. The lowest BCUT2D eigenvalue weighted by atomic mass is 9.76. The molecule has 160 valence electrons. The van der Waals surface area contributed by atoms with Crippen LogP contribution in [0.25, 0.3) is 10.9 Å². The third-order valence-corrected chi connectivity index (χ3v) is 6.71. The third kappa shape index (κ3) is 3.19. The zero-order chi connectivity index (χ0) is 21.8. The Kier molecular flexibility index (Phi) is 4.57. The number of hydrogen-bond donors (Lipinski definition) is 1. The highest BCUT2D eigenvalue weighted by molar-refractivity contribution is 5.99. The predicted octanol–water partition coefficient (Wildman–Crippen LogP) is 4.08. The number of nitrogens with zero attached hydrogens (tertiary/aromatic N) is 2. The van der Waals surface area contributed by atoms with Crippen molar-refractivity contribution in [1.29, 1.82) is 0 Å². The molecule has 0 radical (unpaired) electrons. The monoisotopic (exact) mass is 423 g/mol. The summed E-state index contributed by atoms with van der Waals surface area (Å²) in [4.78, 5) is 27.7. The third-order valence-electron chi connectivity index (χ3n) is 6.71. The molecule has 7 heteroatoms. The molecule has 2 amide bonds. The Balaban J connectivity index is 1.60. The van der Waals surface area contributed by atoms with Crippen molar-refractivity contribution in [3.63, 3.8) is 0 Å². The number of amides is 2. The second kappa shape index (κ2) is 7.18. The average Bonchev–Trinajstić information content (AvgIpc) is 3.28. The fraction of sp³-hybridized carbons (Fsp3) is 0.333. The first-order valence-electron chi connectivity index (χ1n) is 10.5. The molecule has 2 aliphatic rings. The van der Waals surface area contributed by atoms with Crippen molar-refractivity contribution in [2.24, 2.45) is 7.05 Å². The van der Waals surface area contributed by atoms with Crippen LogP contribution in [-0.4, -0.2) is 33.4 Å². The molecule has 5 rings (SSSR count). The highest BCUT2D eigenvalue weighted by Crippen LogP contribution is 2.45. The molecule has 0 aliphatic carbocycles. The molecule has 2 atom stereocenters. The number of benzene rings is 2. The Morgan fingerprint density at radius 3 is 2.52 bits per heavy atom. The molecular weight excluding hydrogens is 400 g/mol. The van der Waals surface area contributed by atoms with Crippen LogP contribution in [0.2, 0.25) is 0 Å². The van der Waals surface area contributed by atoms with E-state index in [-0.39, 0.29) is 23.4 Å². The van der Waals surface area contributed by atoms with Gasteiger partial charge in [-0.1, -0.05) is 12.1 Å². The molecule has 1 spiro atoms. The van der Waals surface area contributed by atoms with E-state index in [0.717, 1.165) is 23.9 Å². The van der Waals surface area contributed by atoms with E-state index >= 15 is 0 Å². The van der Waals surface area contributed by atoms with Crippen LogP contribution in [0.15, 0.2) is 48.5 Å². The molecule has 3 heterocycles. The van der Waals surface area contributed by atoms with Gasteiger partial charge in [-0.25, -0.2) is 8.78 Å². The Morgan fingerprint density at radius 2 is 1.81 bits per heavy atom. The number of nitrogens with one attached hydrogen (secondary N) is 1. The van der Waals surface area contributed by atoms with E-state index in [4.69, 9.17) is 0 Å². The zero-order valence-corrected chi connectivity index (χ0v) is 17.2.